The van der Waals surface area contributed by atoms with Crippen molar-refractivity contribution < 1.29 is 31.5 Å². The SMILES string of the molecule is O=C(O)CCCN(c1cc(C(F)(F)F)ccc1Cl)S(=O)(=O)c1cc(Cl)ccc1Cl. The maximum absolute atomic E-state index is 13.2. The lowest BCUT2D eigenvalue weighted by Gasteiger charge is -2.26. The molecule has 158 valence electrons. The fourth-order valence-corrected chi connectivity index (χ4v) is 4.94. The first-order valence-electron chi connectivity index (χ1n) is 7.90. The van der Waals surface area contributed by atoms with E-state index in [1.807, 2.05) is 0 Å². The molecule has 0 fully saturated rings. The summed E-state index contributed by atoms with van der Waals surface area (Å²) < 4.78 is 66.4. The topological polar surface area (TPSA) is 74.7 Å². The van der Waals surface area contributed by atoms with Gasteiger partial charge in [-0.15, -0.1) is 0 Å². The molecule has 0 aliphatic carbocycles. The van der Waals surface area contributed by atoms with Crippen LogP contribution < -0.4 is 4.31 Å². The number of aliphatic carboxylic acids is 1. The maximum Gasteiger partial charge on any atom is 0.416 e. The fraction of sp³-hybridized carbons (Fsp3) is 0.235. The lowest BCUT2D eigenvalue weighted by Crippen LogP contribution is -2.33. The number of alkyl halides is 3. The Labute approximate surface area is 179 Å². The number of hydrogen-bond donors (Lipinski definition) is 1. The summed E-state index contributed by atoms with van der Waals surface area (Å²) in [4.78, 5) is 10.4. The summed E-state index contributed by atoms with van der Waals surface area (Å²) in [5.41, 5.74) is -1.57. The highest BCUT2D eigenvalue weighted by molar-refractivity contribution is 7.93. The summed E-state index contributed by atoms with van der Waals surface area (Å²) >= 11 is 17.8. The molecule has 0 amide bonds. The second kappa shape index (κ2) is 8.99. The van der Waals surface area contributed by atoms with E-state index < -0.39 is 51.3 Å². The van der Waals surface area contributed by atoms with Crippen molar-refractivity contribution in [2.45, 2.75) is 23.9 Å². The Morgan fingerprint density at radius 2 is 1.66 bits per heavy atom. The van der Waals surface area contributed by atoms with Crippen LogP contribution in [0.5, 0.6) is 0 Å². The number of sulfonamides is 1. The van der Waals surface area contributed by atoms with Gasteiger partial charge in [0.25, 0.3) is 10.0 Å². The van der Waals surface area contributed by atoms with Crippen LogP contribution in [-0.2, 0) is 21.0 Å². The molecule has 0 unspecified atom stereocenters. The molecule has 0 saturated heterocycles. The number of nitrogens with zero attached hydrogens (tertiary/aromatic N) is 1. The minimum absolute atomic E-state index is 0.0357. The first kappa shape index (κ1) is 23.6. The van der Waals surface area contributed by atoms with E-state index in [0.29, 0.717) is 16.4 Å². The normalized spacial score (nSPS) is 12.1. The number of anilines is 1. The van der Waals surface area contributed by atoms with Crippen LogP contribution in [0.15, 0.2) is 41.3 Å². The molecule has 0 aromatic heterocycles. The van der Waals surface area contributed by atoms with Crippen molar-refractivity contribution in [1.29, 1.82) is 0 Å². The van der Waals surface area contributed by atoms with Crippen molar-refractivity contribution in [2.75, 3.05) is 10.8 Å². The quantitative estimate of drug-likeness (QED) is 0.538. The minimum Gasteiger partial charge on any atom is -0.481 e. The Hall–Kier alpha value is -1.68. The number of carboxylic acids is 1. The molecule has 0 spiro atoms. The molecule has 0 aliphatic heterocycles. The van der Waals surface area contributed by atoms with Crippen molar-refractivity contribution in [3.05, 3.63) is 57.0 Å². The highest BCUT2D eigenvalue weighted by atomic mass is 35.5. The fourth-order valence-electron chi connectivity index (χ4n) is 2.42. The monoisotopic (exact) mass is 489 g/mol. The van der Waals surface area contributed by atoms with Crippen molar-refractivity contribution in [3.63, 3.8) is 0 Å². The summed E-state index contributed by atoms with van der Waals surface area (Å²) in [6.45, 7) is -0.446. The van der Waals surface area contributed by atoms with Gasteiger partial charge in [-0.2, -0.15) is 13.2 Å². The third-order valence-corrected chi connectivity index (χ3v) is 6.60. The molecule has 2 aromatic carbocycles. The second-order valence-corrected chi connectivity index (χ2v) is 8.89. The zero-order valence-corrected chi connectivity index (χ0v) is 17.5. The lowest BCUT2D eigenvalue weighted by atomic mass is 10.2. The van der Waals surface area contributed by atoms with E-state index in [4.69, 9.17) is 39.9 Å². The van der Waals surface area contributed by atoms with Gasteiger partial charge in [0.05, 0.1) is 21.3 Å². The van der Waals surface area contributed by atoms with E-state index in [0.717, 1.165) is 12.1 Å². The first-order chi connectivity index (χ1) is 13.3. The summed E-state index contributed by atoms with van der Waals surface area (Å²) in [6.07, 6.45) is -5.34. The molecular formula is C17H13Cl3F3NO4S. The summed E-state index contributed by atoms with van der Waals surface area (Å²) in [5.74, 6) is -1.20. The Bertz CT molecular complexity index is 1030. The van der Waals surface area contributed by atoms with Crippen molar-refractivity contribution >= 4 is 56.5 Å². The second-order valence-electron chi connectivity index (χ2n) is 5.81. The number of hydrogen-bond acceptors (Lipinski definition) is 3. The molecular weight excluding hydrogens is 478 g/mol. The van der Waals surface area contributed by atoms with Gasteiger partial charge in [-0.05, 0) is 42.8 Å². The van der Waals surface area contributed by atoms with Gasteiger partial charge in [-0.3, -0.25) is 9.10 Å². The molecule has 0 bridgehead atoms. The average molecular weight is 491 g/mol. The van der Waals surface area contributed by atoms with Gasteiger partial charge in [-0.25, -0.2) is 8.42 Å². The minimum atomic E-state index is -4.75. The molecule has 0 heterocycles. The lowest BCUT2D eigenvalue weighted by molar-refractivity contribution is -0.138. The molecule has 12 heteroatoms. The predicted octanol–water partition coefficient (Wildman–Crippen LogP) is 5.73. The highest BCUT2D eigenvalue weighted by Gasteiger charge is 2.34. The van der Waals surface area contributed by atoms with E-state index in [2.05, 4.69) is 0 Å². The molecule has 0 saturated carbocycles. The summed E-state index contributed by atoms with van der Waals surface area (Å²) in [7, 11) is -4.52. The summed E-state index contributed by atoms with van der Waals surface area (Å²) in [6, 6.07) is 5.82. The Morgan fingerprint density at radius 3 is 2.24 bits per heavy atom. The van der Waals surface area contributed by atoms with E-state index in [-0.39, 0.29) is 21.5 Å². The third-order valence-electron chi connectivity index (χ3n) is 3.76. The van der Waals surface area contributed by atoms with Crippen LogP contribution in [0.2, 0.25) is 15.1 Å². The zero-order valence-electron chi connectivity index (χ0n) is 14.4. The van der Waals surface area contributed by atoms with Gasteiger partial charge in [0.15, 0.2) is 0 Å². The van der Waals surface area contributed by atoms with Crippen LogP contribution >= 0.6 is 34.8 Å². The zero-order chi connectivity index (χ0) is 22.0. The number of halogens is 6. The predicted molar refractivity (Wildman–Crippen MR) is 104 cm³/mol. The van der Waals surface area contributed by atoms with Crippen LogP contribution in [0.4, 0.5) is 18.9 Å². The largest absolute Gasteiger partial charge is 0.481 e. The standard InChI is InChI=1S/C17H13Cl3F3NO4S/c18-11-4-6-13(20)15(9-11)29(27,28)24(7-1-2-16(25)26)14-8-10(17(21,22)23)3-5-12(14)19/h3-6,8-9H,1-2,7H2,(H,25,26). The van der Waals surface area contributed by atoms with Gasteiger partial charge < -0.3 is 5.11 Å². The van der Waals surface area contributed by atoms with Gasteiger partial charge in [0.1, 0.15) is 4.90 Å². The molecule has 2 aromatic rings. The highest BCUT2D eigenvalue weighted by Crippen LogP contribution is 2.38. The Balaban J connectivity index is 2.64. The number of rotatable bonds is 7. The number of carboxylic acid groups (broad SMARTS) is 1. The molecule has 5 nitrogen and oxygen atoms in total. The van der Waals surface area contributed by atoms with Crippen LogP contribution in [0.25, 0.3) is 0 Å². The van der Waals surface area contributed by atoms with E-state index in [1.165, 1.54) is 12.1 Å². The van der Waals surface area contributed by atoms with Crippen LogP contribution in [0.3, 0.4) is 0 Å². The molecule has 0 atom stereocenters. The summed E-state index contributed by atoms with van der Waals surface area (Å²) in [5, 5.41) is 8.38. The van der Waals surface area contributed by atoms with Crippen molar-refractivity contribution in [3.8, 4) is 0 Å². The van der Waals surface area contributed by atoms with Crippen LogP contribution in [0, 0.1) is 0 Å². The van der Waals surface area contributed by atoms with Gasteiger partial charge in [0, 0.05) is 18.0 Å². The Kier molecular flexibility index (Phi) is 7.32. The molecule has 0 radical (unpaired) electrons. The molecule has 1 N–H and O–H groups in total. The van der Waals surface area contributed by atoms with E-state index in [9.17, 15) is 26.4 Å². The van der Waals surface area contributed by atoms with Crippen LogP contribution in [-0.4, -0.2) is 26.0 Å². The number of benzene rings is 2. The average Bonchev–Trinajstić information content (AvgIpc) is 2.60. The maximum atomic E-state index is 13.2. The third kappa shape index (κ3) is 5.69. The van der Waals surface area contributed by atoms with Gasteiger partial charge in [0.2, 0.25) is 0 Å². The molecule has 2 rings (SSSR count). The Morgan fingerprint density at radius 1 is 1.03 bits per heavy atom. The van der Waals surface area contributed by atoms with Crippen LogP contribution in [0.1, 0.15) is 18.4 Å². The number of carbonyl (C=O) groups is 1. The van der Waals surface area contributed by atoms with Crippen molar-refractivity contribution in [1.82, 2.24) is 0 Å². The molecule has 29 heavy (non-hydrogen) atoms. The first-order valence-corrected chi connectivity index (χ1v) is 10.5. The van der Waals surface area contributed by atoms with Gasteiger partial charge in [-0.1, -0.05) is 34.8 Å². The van der Waals surface area contributed by atoms with Crippen molar-refractivity contribution in [2.24, 2.45) is 0 Å². The van der Waals surface area contributed by atoms with E-state index >= 15 is 0 Å². The smallest absolute Gasteiger partial charge is 0.416 e. The van der Waals surface area contributed by atoms with E-state index in [1.54, 1.807) is 0 Å². The van der Waals surface area contributed by atoms with Gasteiger partial charge >= 0.3 is 12.1 Å². The molecule has 0 aliphatic rings.